The maximum absolute atomic E-state index is 14.1. The van der Waals surface area contributed by atoms with Crippen molar-refractivity contribution in [3.63, 3.8) is 0 Å². The third-order valence-corrected chi connectivity index (χ3v) is 28.4. The Morgan fingerprint density at radius 3 is 1.13 bits per heavy atom. The number of nitrogens with two attached hydrogens (primary N) is 3. The zero-order valence-electron chi connectivity index (χ0n) is 76.5. The molecule has 0 bridgehead atoms. The van der Waals surface area contributed by atoms with Crippen molar-refractivity contribution >= 4 is 104 Å². The van der Waals surface area contributed by atoms with Gasteiger partial charge in [0.1, 0.15) is 68.5 Å². The van der Waals surface area contributed by atoms with Crippen LogP contribution in [-0.4, -0.2) is 224 Å². The highest BCUT2D eigenvalue weighted by Gasteiger charge is 2.68. The smallest absolute Gasteiger partial charge is 0.411 e. The van der Waals surface area contributed by atoms with Crippen molar-refractivity contribution in [2.24, 2.45) is 58.6 Å². The van der Waals surface area contributed by atoms with Gasteiger partial charge in [-0.05, 0) is 250 Å². The summed E-state index contributed by atoms with van der Waals surface area (Å²) in [6, 6.07) is 41.4. The molecule has 0 aromatic heterocycles. The third-order valence-electron chi connectivity index (χ3n) is 28.2. The summed E-state index contributed by atoms with van der Waals surface area (Å²) in [7, 11) is 9.40. The van der Waals surface area contributed by atoms with Gasteiger partial charge in [-0.3, -0.25) is 63.2 Å². The molecule has 0 aliphatic heterocycles. The Kier molecular flexibility index (Phi) is 26.5. The van der Waals surface area contributed by atoms with E-state index in [-0.39, 0.29) is 102 Å². The summed E-state index contributed by atoms with van der Waals surface area (Å²) < 4.78 is 5.16. The van der Waals surface area contributed by atoms with Crippen LogP contribution < -0.4 is 27.8 Å². The number of amides is 4. The zero-order valence-corrected chi connectivity index (χ0v) is 77.3. The quantitative estimate of drug-likeness (QED) is 0.0249. The lowest BCUT2D eigenvalue weighted by Gasteiger charge is -2.50. The molecule has 3 saturated carbocycles. The summed E-state index contributed by atoms with van der Waals surface area (Å²) in [5.74, 6) is -20.2. The molecule has 136 heavy (non-hydrogen) atoms. The SMILES string of the molecule is CC(C)COC(=O)Nc1ccc(-c2ccc(O)c3c2C[C@H]2C[C@H]4[C@H](N(C)C)C(=O)C(C(N)=O)=C(O)[C@@]4(O)C(=O)C2=C3O)cc1.CC(C)NCc1ccc(-c2ccc(O)c3c2C[C@H]2C[C@H]4[C@H](N(C)C)C(=O)C(C(N)=O)=C(O)[C@@]4(O)C(=O)C2=C3O)c2ccccc12.CN(C)C1C(=O)C(C(N)=O)=C(O)[C@@]2(O)C(=O)C3=C(O)c4c(O)ccc(-c5ccc(CCCCc6ccc(Cl)cc6)cc5)c4C[C@H]3C[C@@H]12. The van der Waals surface area contributed by atoms with E-state index in [9.17, 15) is 109 Å². The Labute approximate surface area is 787 Å². The van der Waals surface area contributed by atoms with E-state index < -0.39 is 180 Å². The molecule has 710 valence electrons. The molecule has 17 rings (SSSR count). The molecule has 4 amide bonds. The first kappa shape index (κ1) is 96.9. The van der Waals surface area contributed by atoms with Crippen molar-refractivity contribution in [1.29, 1.82) is 0 Å². The van der Waals surface area contributed by atoms with Crippen molar-refractivity contribution in [3.05, 3.63) is 251 Å². The first-order chi connectivity index (χ1) is 64.3. The number of hydrogen-bond donors (Lipinski definition) is 17. The summed E-state index contributed by atoms with van der Waals surface area (Å²) in [4.78, 5) is 135. The van der Waals surface area contributed by atoms with E-state index in [0.29, 0.717) is 46.1 Å². The van der Waals surface area contributed by atoms with Crippen LogP contribution in [0.3, 0.4) is 0 Å². The number of phenolic OH excluding ortho intramolecular Hbond substituents is 3. The fourth-order valence-electron chi connectivity index (χ4n) is 21.9. The predicted octanol–water partition coefficient (Wildman–Crippen LogP) is 11.0. The Hall–Kier alpha value is -13.6. The third kappa shape index (κ3) is 16.5. The number of carbonyl (C=O) groups is 10. The Morgan fingerprint density at radius 2 is 0.779 bits per heavy atom. The van der Waals surface area contributed by atoms with Crippen LogP contribution in [0.4, 0.5) is 10.5 Å². The molecule has 0 heterocycles. The van der Waals surface area contributed by atoms with Gasteiger partial charge in [0.25, 0.3) is 17.7 Å². The Bertz CT molecular complexity index is 6580. The number of likely N-dealkylation sites (N-methyl/N-ethyl adjacent to an activating group) is 3. The molecule has 9 aliphatic rings. The van der Waals surface area contributed by atoms with Crippen LogP contribution in [0.5, 0.6) is 17.2 Å². The number of fused-ring (bicyclic) bond motifs is 10. The minimum Gasteiger partial charge on any atom is -0.508 e. The van der Waals surface area contributed by atoms with Crippen LogP contribution in [0.25, 0.3) is 61.4 Å². The Morgan fingerprint density at radius 1 is 0.441 bits per heavy atom. The second-order valence-corrected chi connectivity index (χ2v) is 38.4. The van der Waals surface area contributed by atoms with Gasteiger partial charge >= 0.3 is 6.09 Å². The van der Waals surface area contributed by atoms with Gasteiger partial charge in [0.2, 0.25) is 17.3 Å². The predicted molar refractivity (Wildman–Crippen MR) is 506 cm³/mol. The molecular weight excluding hydrogens is 1760 g/mol. The van der Waals surface area contributed by atoms with Crippen molar-refractivity contribution < 1.29 is 114 Å². The van der Waals surface area contributed by atoms with Gasteiger partial charge in [0.05, 0.1) is 41.4 Å². The maximum Gasteiger partial charge on any atom is 0.411 e. The molecule has 3 fully saturated rings. The lowest BCUT2D eigenvalue weighted by Crippen LogP contribution is -2.65. The molecular formula is C104H109ClN8O23. The molecule has 1 unspecified atom stereocenters. The van der Waals surface area contributed by atoms with Gasteiger partial charge in [-0.15, -0.1) is 0 Å². The van der Waals surface area contributed by atoms with Gasteiger partial charge in [-0.2, -0.15) is 0 Å². The maximum atomic E-state index is 14.1. The molecule has 20 N–H and O–H groups in total. The number of aliphatic hydroxyl groups excluding tert-OH is 6. The first-order valence-electron chi connectivity index (χ1n) is 44.9. The van der Waals surface area contributed by atoms with Crippen LogP contribution >= 0.6 is 11.6 Å². The van der Waals surface area contributed by atoms with Crippen LogP contribution in [0, 0.1) is 41.4 Å². The number of ketones is 6. The van der Waals surface area contributed by atoms with E-state index in [1.165, 1.54) is 44.0 Å². The second-order valence-electron chi connectivity index (χ2n) is 37.9. The number of nitrogens with one attached hydrogen (secondary N) is 2. The summed E-state index contributed by atoms with van der Waals surface area (Å²) in [5.41, 5.74) is 15.7. The van der Waals surface area contributed by atoms with Crippen LogP contribution in [0.2, 0.25) is 5.02 Å². The summed E-state index contributed by atoms with van der Waals surface area (Å²) in [5, 5.41) is 145. The van der Waals surface area contributed by atoms with Gasteiger partial charge in [0.15, 0.2) is 34.2 Å². The average Bonchev–Trinajstić information content (AvgIpc) is 0.705. The number of unbranched alkanes of at least 4 members (excludes halogenated alkanes) is 1. The normalized spacial score (nSPS) is 24.4. The number of ether oxygens (including phenoxy) is 1. The first-order valence-corrected chi connectivity index (χ1v) is 45.3. The van der Waals surface area contributed by atoms with Crippen LogP contribution in [0.1, 0.15) is 110 Å². The lowest BCUT2D eigenvalue weighted by atomic mass is 9.57. The van der Waals surface area contributed by atoms with Gasteiger partial charge in [-0.1, -0.05) is 142 Å². The average molecular weight is 1870 g/mol. The van der Waals surface area contributed by atoms with Gasteiger partial charge in [-0.25, -0.2) is 4.79 Å². The summed E-state index contributed by atoms with van der Waals surface area (Å²) in [6.45, 7) is 8.98. The molecule has 12 atom stereocenters. The molecule has 32 heteroatoms. The highest BCUT2D eigenvalue weighted by atomic mass is 35.5. The van der Waals surface area contributed by atoms with Gasteiger partial charge < -0.3 is 88.5 Å². The number of aromatic hydroxyl groups is 3. The zero-order chi connectivity index (χ0) is 98.6. The number of hydrogen-bond acceptors (Lipinski definition) is 27. The number of anilines is 1. The standard InChI is InChI=1S/C37H37ClN2O7.C35H37N3O7.C32H35N3O9/c1-40(2)31-26-18-22-17-25-24(21-11-7-19(8-12-21)5-3-4-6-20-9-13-23(38)14-10-20)15-16-27(41)29(25)32(42)28(22)34(44)37(26,47)35(45)30(33(31)43)36(39)46;1-16(2)37-15-17-9-10-21(20-8-6-5-7-19(17)20)22-11-12-25(39)27-23(22)13-18-14-24-29(38(3)4)31(41)28(34(36)44)33(43)35(24,45)32(42)26(18)30(27)40;1-14(2)13-44-31(42)34-17-7-5-15(6-8-17)18-9-10-21(36)23-19(18)11-16-12-20-25(35(3)4)27(38)24(30(33)41)29(40)32(20,43)28(39)22(16)26(23)37/h7-16,22,26,31,41-42,45,47H,3-6,17-18H2,1-2H3,(H2,39,46);5-12,16,18,24,29,37,39-40,43,45H,13-15H2,1-4H3,(H2,36,44);5-10,14,16,20,25,36-37,40,43H,11-13H2,1-4H3,(H2,33,41)(H,34,42)/t22-,26-,31?,37-;18-,24-,29-,35-;16-,20-,25-,32-/m000/s1. The minimum absolute atomic E-state index is 0.00162. The van der Waals surface area contributed by atoms with E-state index in [2.05, 4.69) is 48.7 Å². The number of Topliss-reactive ketones (excluding diaryl/α,β-unsaturated/α-hetero) is 6. The van der Waals surface area contributed by atoms with Crippen LogP contribution in [0.15, 0.2) is 196 Å². The number of benzene rings is 8. The Balaban J connectivity index is 0.000000155. The minimum atomic E-state index is -2.70. The van der Waals surface area contributed by atoms with E-state index >= 15 is 0 Å². The molecule has 0 saturated heterocycles. The topological polar surface area (TPSA) is 535 Å². The number of phenols is 3. The summed E-state index contributed by atoms with van der Waals surface area (Å²) >= 11 is 5.98. The number of aliphatic hydroxyl groups is 9. The monoisotopic (exact) mass is 1870 g/mol. The molecule has 31 nitrogen and oxygen atoms in total. The van der Waals surface area contributed by atoms with Gasteiger partial charge in [0, 0.05) is 57.8 Å². The lowest BCUT2D eigenvalue weighted by molar-refractivity contribution is -0.155. The van der Waals surface area contributed by atoms with E-state index in [4.69, 9.17) is 33.5 Å². The number of rotatable bonds is 20. The van der Waals surface area contributed by atoms with Crippen LogP contribution in [-0.2, 0) is 86.5 Å². The number of aryl methyl sites for hydroxylation is 2. The van der Waals surface area contributed by atoms with Crippen molar-refractivity contribution in [2.75, 3.05) is 54.2 Å². The molecule has 8 aromatic rings. The second kappa shape index (κ2) is 37.2. The highest BCUT2D eigenvalue weighted by molar-refractivity contribution is 6.30. The van der Waals surface area contributed by atoms with Crippen molar-refractivity contribution in [2.45, 2.75) is 139 Å². The highest BCUT2D eigenvalue weighted by Crippen LogP contribution is 2.59. The number of halogens is 1. The largest absolute Gasteiger partial charge is 0.508 e. The van der Waals surface area contributed by atoms with Crippen molar-refractivity contribution in [3.8, 4) is 50.6 Å². The number of carbonyl (C=O) groups excluding carboxylic acids is 10. The van der Waals surface area contributed by atoms with E-state index in [0.717, 1.165) is 69.3 Å². The van der Waals surface area contributed by atoms with E-state index in [1.807, 2.05) is 74.5 Å². The number of nitrogens with zero attached hydrogens (tertiary/aromatic N) is 3. The van der Waals surface area contributed by atoms with E-state index in [1.54, 1.807) is 84.8 Å². The number of primary amides is 3. The van der Waals surface area contributed by atoms with Crippen molar-refractivity contribution in [1.82, 2.24) is 20.0 Å². The fraction of sp³-hybridized carbons (Fsp3) is 0.346. The molecule has 0 radical (unpaired) electrons. The molecule has 8 aromatic carbocycles. The fourth-order valence-corrected chi connectivity index (χ4v) is 22.0. The summed E-state index contributed by atoms with van der Waals surface area (Å²) in [6.07, 6.45) is 4.00. The molecule has 0 spiro atoms. The molecule has 9 aliphatic carbocycles.